The van der Waals surface area contributed by atoms with Gasteiger partial charge in [0.25, 0.3) is 5.91 Å². The Hall–Kier alpha value is -2.24. The molecule has 6 heteroatoms. The van der Waals surface area contributed by atoms with Crippen LogP contribution < -0.4 is 14.8 Å². The van der Waals surface area contributed by atoms with Crippen molar-refractivity contribution in [1.82, 2.24) is 10.2 Å². The minimum atomic E-state index is -0.146. The van der Waals surface area contributed by atoms with E-state index in [1.807, 2.05) is 24.3 Å². The second-order valence-electron chi connectivity index (χ2n) is 6.56. The first kappa shape index (κ1) is 19.5. The molecule has 2 aromatic carbocycles. The highest BCUT2D eigenvalue weighted by atomic mass is 35.5. The van der Waals surface area contributed by atoms with E-state index in [1.54, 1.807) is 32.4 Å². The molecule has 3 rings (SSSR count). The molecule has 144 valence electrons. The van der Waals surface area contributed by atoms with Gasteiger partial charge in [-0.25, -0.2) is 0 Å². The molecule has 1 fully saturated rings. The van der Waals surface area contributed by atoms with E-state index >= 15 is 0 Å². The van der Waals surface area contributed by atoms with Crippen molar-refractivity contribution in [2.75, 3.05) is 33.9 Å². The Bertz CT molecular complexity index is 791. The molecule has 27 heavy (non-hydrogen) atoms. The number of ether oxygens (including phenoxy) is 2. The zero-order valence-electron chi connectivity index (χ0n) is 15.7. The number of methoxy groups -OCH3 is 2. The van der Waals surface area contributed by atoms with Crippen LogP contribution in [0.5, 0.6) is 11.5 Å². The molecular formula is C21H25ClN2O3. The number of carbonyl (C=O) groups excluding carboxylic acids is 1. The highest BCUT2D eigenvalue weighted by molar-refractivity contribution is 6.31. The number of amides is 1. The average Bonchev–Trinajstić information content (AvgIpc) is 3.23. The fourth-order valence-corrected chi connectivity index (χ4v) is 3.76. The van der Waals surface area contributed by atoms with Gasteiger partial charge >= 0.3 is 0 Å². The van der Waals surface area contributed by atoms with Crippen molar-refractivity contribution in [1.29, 1.82) is 0 Å². The molecule has 1 heterocycles. The van der Waals surface area contributed by atoms with Crippen LogP contribution in [0, 0.1) is 0 Å². The molecule has 1 N–H and O–H groups in total. The summed E-state index contributed by atoms with van der Waals surface area (Å²) >= 11 is 6.43. The average molecular weight is 389 g/mol. The van der Waals surface area contributed by atoms with Gasteiger partial charge < -0.3 is 14.8 Å². The van der Waals surface area contributed by atoms with Crippen LogP contribution >= 0.6 is 11.6 Å². The number of nitrogens with one attached hydrogen (secondary N) is 1. The summed E-state index contributed by atoms with van der Waals surface area (Å²) in [5.74, 6) is 0.986. The fourth-order valence-electron chi connectivity index (χ4n) is 3.50. The first-order valence-electron chi connectivity index (χ1n) is 9.12. The largest absolute Gasteiger partial charge is 0.493 e. The second-order valence-corrected chi connectivity index (χ2v) is 6.97. The Labute approximate surface area is 165 Å². The smallest absolute Gasteiger partial charge is 0.251 e. The lowest BCUT2D eigenvalue weighted by Gasteiger charge is -2.29. The predicted octanol–water partition coefficient (Wildman–Crippen LogP) is 3.92. The van der Waals surface area contributed by atoms with Gasteiger partial charge in [0.1, 0.15) is 0 Å². The number of hydrogen-bond donors (Lipinski definition) is 1. The molecule has 1 amide bonds. The third kappa shape index (κ3) is 4.54. The van der Waals surface area contributed by atoms with Crippen molar-refractivity contribution in [2.24, 2.45) is 0 Å². The molecule has 1 aliphatic rings. The van der Waals surface area contributed by atoms with E-state index < -0.39 is 0 Å². The number of carbonyl (C=O) groups is 1. The Balaban J connectivity index is 1.75. The zero-order chi connectivity index (χ0) is 19.2. The molecular weight excluding hydrogens is 364 g/mol. The molecule has 1 unspecified atom stereocenters. The van der Waals surface area contributed by atoms with Gasteiger partial charge in [-0.3, -0.25) is 9.69 Å². The van der Waals surface area contributed by atoms with E-state index in [-0.39, 0.29) is 11.9 Å². The van der Waals surface area contributed by atoms with Crippen molar-refractivity contribution >= 4 is 17.5 Å². The number of rotatable bonds is 7. The first-order valence-corrected chi connectivity index (χ1v) is 9.50. The summed E-state index contributed by atoms with van der Waals surface area (Å²) in [7, 11) is 3.13. The highest BCUT2D eigenvalue weighted by Crippen LogP contribution is 2.30. The first-order chi connectivity index (χ1) is 13.1. The van der Waals surface area contributed by atoms with Crippen LogP contribution in [-0.2, 0) is 0 Å². The van der Waals surface area contributed by atoms with Gasteiger partial charge in [0.05, 0.1) is 20.3 Å². The van der Waals surface area contributed by atoms with Crippen molar-refractivity contribution in [3.63, 3.8) is 0 Å². The minimum Gasteiger partial charge on any atom is -0.493 e. The summed E-state index contributed by atoms with van der Waals surface area (Å²) in [6.07, 6.45) is 2.34. The molecule has 0 bridgehead atoms. The quantitative estimate of drug-likeness (QED) is 0.780. The summed E-state index contributed by atoms with van der Waals surface area (Å²) < 4.78 is 10.5. The standard InChI is InChI=1S/C21H25ClN2O3/c1-26-19-10-9-15(13-20(19)27-2)21(25)23-14-18(24-11-5-6-12-24)16-7-3-4-8-17(16)22/h3-4,7-10,13,18H,5-6,11-12,14H2,1-2H3,(H,23,25). The summed E-state index contributed by atoms with van der Waals surface area (Å²) in [5, 5.41) is 3.79. The lowest BCUT2D eigenvalue weighted by atomic mass is 10.0. The minimum absolute atomic E-state index is 0.0605. The molecule has 0 aliphatic carbocycles. The van der Waals surface area contributed by atoms with Gasteiger partial charge in [-0.1, -0.05) is 29.8 Å². The van der Waals surface area contributed by atoms with E-state index in [0.717, 1.165) is 23.7 Å². The van der Waals surface area contributed by atoms with Crippen molar-refractivity contribution in [3.8, 4) is 11.5 Å². The lowest BCUT2D eigenvalue weighted by Crippen LogP contribution is -2.37. The van der Waals surface area contributed by atoms with E-state index in [0.29, 0.717) is 23.6 Å². The van der Waals surface area contributed by atoms with Gasteiger partial charge in [-0.15, -0.1) is 0 Å². The topological polar surface area (TPSA) is 50.8 Å². The molecule has 1 atom stereocenters. The number of nitrogens with zero attached hydrogens (tertiary/aromatic N) is 1. The van der Waals surface area contributed by atoms with Crippen LogP contribution in [0.25, 0.3) is 0 Å². The summed E-state index contributed by atoms with van der Waals surface area (Å²) in [4.78, 5) is 15.1. The van der Waals surface area contributed by atoms with E-state index in [9.17, 15) is 4.79 Å². The molecule has 1 saturated heterocycles. The molecule has 0 radical (unpaired) electrons. The van der Waals surface area contributed by atoms with E-state index in [1.165, 1.54) is 12.8 Å². The van der Waals surface area contributed by atoms with Crippen LogP contribution in [0.4, 0.5) is 0 Å². The molecule has 0 aromatic heterocycles. The Morgan fingerprint density at radius 2 is 1.81 bits per heavy atom. The summed E-state index contributed by atoms with van der Waals surface area (Å²) in [5.41, 5.74) is 1.58. The van der Waals surface area contributed by atoms with Crippen molar-refractivity contribution in [2.45, 2.75) is 18.9 Å². The van der Waals surface area contributed by atoms with Crippen molar-refractivity contribution in [3.05, 3.63) is 58.6 Å². The fraction of sp³-hybridized carbons (Fsp3) is 0.381. The number of hydrogen-bond acceptors (Lipinski definition) is 4. The van der Waals surface area contributed by atoms with Crippen LogP contribution in [0.2, 0.25) is 5.02 Å². The Morgan fingerprint density at radius 1 is 1.11 bits per heavy atom. The summed E-state index contributed by atoms with van der Waals surface area (Å²) in [6.45, 7) is 2.53. The maximum Gasteiger partial charge on any atom is 0.251 e. The monoisotopic (exact) mass is 388 g/mol. The predicted molar refractivity (Wildman–Crippen MR) is 107 cm³/mol. The number of likely N-dealkylation sites (tertiary alicyclic amines) is 1. The van der Waals surface area contributed by atoms with Gasteiger partial charge in [-0.05, 0) is 55.8 Å². The molecule has 0 spiro atoms. The third-order valence-electron chi connectivity index (χ3n) is 4.95. The van der Waals surface area contributed by atoms with Crippen LogP contribution in [0.15, 0.2) is 42.5 Å². The molecule has 2 aromatic rings. The van der Waals surface area contributed by atoms with Crippen LogP contribution in [-0.4, -0.2) is 44.7 Å². The second kappa shape index (κ2) is 9.11. The number of halogens is 1. The third-order valence-corrected chi connectivity index (χ3v) is 5.29. The highest BCUT2D eigenvalue weighted by Gasteiger charge is 2.25. The van der Waals surface area contributed by atoms with E-state index in [2.05, 4.69) is 10.2 Å². The van der Waals surface area contributed by atoms with Crippen molar-refractivity contribution < 1.29 is 14.3 Å². The van der Waals surface area contributed by atoms with Gasteiger partial charge in [-0.2, -0.15) is 0 Å². The molecule has 0 saturated carbocycles. The summed E-state index contributed by atoms with van der Waals surface area (Å²) in [6, 6.07) is 13.1. The normalized spacial score (nSPS) is 15.4. The van der Waals surface area contributed by atoms with Gasteiger partial charge in [0.15, 0.2) is 11.5 Å². The molecule has 5 nitrogen and oxygen atoms in total. The maximum atomic E-state index is 12.7. The van der Waals surface area contributed by atoms with Gasteiger partial charge in [0.2, 0.25) is 0 Å². The maximum absolute atomic E-state index is 12.7. The van der Waals surface area contributed by atoms with Gasteiger partial charge in [0, 0.05) is 17.1 Å². The lowest BCUT2D eigenvalue weighted by molar-refractivity contribution is 0.0937. The Morgan fingerprint density at radius 3 is 2.48 bits per heavy atom. The van der Waals surface area contributed by atoms with Crippen LogP contribution in [0.1, 0.15) is 34.8 Å². The molecule has 1 aliphatic heterocycles. The Kier molecular flexibility index (Phi) is 6.58. The van der Waals surface area contributed by atoms with Crippen LogP contribution in [0.3, 0.4) is 0 Å². The van der Waals surface area contributed by atoms with E-state index in [4.69, 9.17) is 21.1 Å². The number of benzene rings is 2. The zero-order valence-corrected chi connectivity index (χ0v) is 16.5. The SMILES string of the molecule is COc1ccc(C(=O)NCC(c2ccccc2Cl)N2CCCC2)cc1OC.